The van der Waals surface area contributed by atoms with Crippen LogP contribution in [0.3, 0.4) is 0 Å². The number of nitrogens with zero attached hydrogens (tertiary/aromatic N) is 1. The third-order valence-corrected chi connectivity index (χ3v) is 7.58. The van der Waals surface area contributed by atoms with Crippen molar-refractivity contribution in [2.24, 2.45) is 0 Å². The Bertz CT molecular complexity index is 1010. The van der Waals surface area contributed by atoms with Gasteiger partial charge in [-0.2, -0.15) is 8.62 Å². The second-order valence-electron chi connectivity index (χ2n) is 5.40. The lowest BCUT2D eigenvalue weighted by molar-refractivity contribution is -0.0521. The fourth-order valence-corrected chi connectivity index (χ4v) is 5.70. The molecule has 1 aromatic heterocycles. The van der Waals surface area contributed by atoms with Crippen molar-refractivity contribution in [1.29, 1.82) is 0 Å². The lowest BCUT2D eigenvalue weighted by atomic mass is 10.1. The number of aromatic amines is 1. The molecule has 2 unspecified atom stereocenters. The molecule has 6 N–H and O–H groups in total. The first-order valence-corrected chi connectivity index (χ1v) is 12.5. The van der Waals surface area contributed by atoms with Crippen LogP contribution in [-0.4, -0.2) is 59.2 Å². The van der Waals surface area contributed by atoms with E-state index in [-0.39, 0.29) is 9.41 Å². The van der Waals surface area contributed by atoms with Crippen LogP contribution in [0.1, 0.15) is 6.23 Å². The Kier molecular flexibility index (Phi) is 7.86. The zero-order valence-electron chi connectivity index (χ0n) is 13.7. The van der Waals surface area contributed by atoms with E-state index in [9.17, 15) is 28.1 Å². The van der Waals surface area contributed by atoms with Gasteiger partial charge in [0.2, 0.25) is 0 Å². The zero-order chi connectivity index (χ0) is 22.2. The van der Waals surface area contributed by atoms with Gasteiger partial charge in [0.25, 0.3) is 0 Å². The molecule has 1 aliphatic heterocycles. The highest BCUT2D eigenvalue weighted by Crippen LogP contribution is 2.66. The summed E-state index contributed by atoms with van der Waals surface area (Å²) in [7, 11) is -16.7. The maximum atomic E-state index is 14.3. The van der Waals surface area contributed by atoms with Gasteiger partial charge in [-0.3, -0.25) is 9.09 Å². The number of hydrogen-bond acceptors (Lipinski definition) is 10. The molecular formula is C9H14FN2O12P3S2. The van der Waals surface area contributed by atoms with Crippen molar-refractivity contribution in [3.05, 3.63) is 21.7 Å². The molecule has 0 radical (unpaired) electrons. The molecule has 0 amide bonds. The largest absolute Gasteiger partial charge is 0.490 e. The standard InChI is InChI=1S/C9H14FN2O12P3S2/c10-6-4(3-21-26(17,18)24-27(19,20)23-25(14,15)16)22-8(7(6)13)12-2-1-5(28)11-9(12)29/h1-2,4,6-8,13H,3H2,(H,17,18)(H,19,20)(H,11,28,29)(H2,14,15,16)/t4-,6+,7+,8-/m1/s1. The Morgan fingerprint density at radius 3 is 2.34 bits per heavy atom. The Hall–Kier alpha value is -0.220. The molecule has 29 heavy (non-hydrogen) atoms. The molecule has 0 aromatic carbocycles. The number of rotatable bonds is 8. The van der Waals surface area contributed by atoms with Crippen LogP contribution in [0.25, 0.3) is 0 Å². The number of hydrogen-bond donors (Lipinski definition) is 6. The van der Waals surface area contributed by atoms with E-state index >= 15 is 0 Å². The fourth-order valence-electron chi connectivity index (χ4n) is 2.17. The number of H-pyrrole nitrogens is 1. The minimum absolute atomic E-state index is 0.0118. The summed E-state index contributed by atoms with van der Waals surface area (Å²) in [6.45, 7) is -1.06. The summed E-state index contributed by atoms with van der Waals surface area (Å²) in [6.07, 6.45) is -5.62. The lowest BCUT2D eigenvalue weighted by Crippen LogP contribution is -2.30. The van der Waals surface area contributed by atoms with Crippen LogP contribution in [0.5, 0.6) is 0 Å². The molecule has 2 rings (SSSR count). The van der Waals surface area contributed by atoms with Crippen molar-refractivity contribution in [1.82, 2.24) is 9.55 Å². The third-order valence-electron chi connectivity index (χ3n) is 3.23. The van der Waals surface area contributed by atoms with Crippen molar-refractivity contribution in [3.63, 3.8) is 0 Å². The van der Waals surface area contributed by atoms with Crippen LogP contribution in [0.15, 0.2) is 12.3 Å². The maximum absolute atomic E-state index is 14.3. The number of phosphoric acid groups is 3. The van der Waals surface area contributed by atoms with E-state index in [0.717, 1.165) is 4.57 Å². The van der Waals surface area contributed by atoms with Crippen LogP contribution in [0.4, 0.5) is 4.39 Å². The Morgan fingerprint density at radius 2 is 1.79 bits per heavy atom. The van der Waals surface area contributed by atoms with Gasteiger partial charge in [0, 0.05) is 6.20 Å². The normalized spacial score (nSPS) is 29.3. The topological polar surface area (TPSA) is 210 Å². The van der Waals surface area contributed by atoms with Gasteiger partial charge in [-0.15, -0.1) is 0 Å². The van der Waals surface area contributed by atoms with Crippen molar-refractivity contribution in [2.45, 2.75) is 24.6 Å². The van der Waals surface area contributed by atoms with E-state index < -0.39 is 54.7 Å². The van der Waals surface area contributed by atoms with Gasteiger partial charge in [0.05, 0.1) is 6.61 Å². The predicted octanol–water partition coefficient (Wildman–Crippen LogP) is 1.21. The van der Waals surface area contributed by atoms with Crippen molar-refractivity contribution in [2.75, 3.05) is 6.61 Å². The quantitative estimate of drug-likeness (QED) is 0.211. The first kappa shape index (κ1) is 25.0. The van der Waals surface area contributed by atoms with Crippen molar-refractivity contribution >= 4 is 47.9 Å². The van der Waals surface area contributed by atoms with Crippen molar-refractivity contribution in [3.8, 4) is 0 Å². The highest BCUT2D eigenvalue weighted by atomic mass is 32.1. The summed E-state index contributed by atoms with van der Waals surface area (Å²) in [6, 6.07) is 1.38. The van der Waals surface area contributed by atoms with E-state index in [2.05, 4.69) is 18.1 Å². The van der Waals surface area contributed by atoms with Gasteiger partial charge < -0.3 is 34.4 Å². The van der Waals surface area contributed by atoms with Gasteiger partial charge >= 0.3 is 23.5 Å². The summed E-state index contributed by atoms with van der Waals surface area (Å²) in [5, 5.41) is 10.0. The number of nitrogens with one attached hydrogen (secondary N) is 1. The molecular weight excluding hydrogens is 504 g/mol. The van der Waals surface area contributed by atoms with E-state index in [1.54, 1.807) is 0 Å². The fraction of sp³-hybridized carbons (Fsp3) is 0.556. The van der Waals surface area contributed by atoms with Crippen LogP contribution in [0.2, 0.25) is 0 Å². The third kappa shape index (κ3) is 7.16. The molecule has 0 spiro atoms. The number of halogens is 1. The monoisotopic (exact) mass is 518 g/mol. The average Bonchev–Trinajstić information content (AvgIpc) is 2.78. The molecule has 0 bridgehead atoms. The molecule has 1 aromatic rings. The smallest absolute Gasteiger partial charge is 0.385 e. The minimum atomic E-state index is -5.71. The molecule has 20 heteroatoms. The summed E-state index contributed by atoms with van der Waals surface area (Å²) in [4.78, 5) is 37.9. The Morgan fingerprint density at radius 1 is 1.17 bits per heavy atom. The molecule has 1 aliphatic rings. The molecule has 0 aliphatic carbocycles. The lowest BCUT2D eigenvalue weighted by Gasteiger charge is -2.19. The molecule has 6 atom stereocenters. The number of aromatic nitrogens is 2. The number of aliphatic hydroxyl groups is 1. The maximum Gasteiger partial charge on any atom is 0.490 e. The van der Waals surface area contributed by atoms with E-state index in [1.165, 1.54) is 12.3 Å². The molecule has 1 saturated heterocycles. The molecule has 2 heterocycles. The molecule has 166 valence electrons. The van der Waals surface area contributed by atoms with Crippen LogP contribution < -0.4 is 0 Å². The highest BCUT2D eigenvalue weighted by molar-refractivity contribution is 7.72. The average molecular weight is 518 g/mol. The number of alkyl halides is 1. The van der Waals surface area contributed by atoms with Gasteiger partial charge in [-0.25, -0.2) is 18.1 Å². The predicted molar refractivity (Wildman–Crippen MR) is 95.1 cm³/mol. The summed E-state index contributed by atoms with van der Waals surface area (Å²) < 4.78 is 65.7. The number of phosphoric ester groups is 1. The number of aliphatic hydroxyl groups excluding tert-OH is 1. The minimum Gasteiger partial charge on any atom is -0.385 e. The molecule has 0 saturated carbocycles. The van der Waals surface area contributed by atoms with Gasteiger partial charge in [0.15, 0.2) is 17.2 Å². The Labute approximate surface area is 171 Å². The summed E-state index contributed by atoms with van der Waals surface area (Å²) >= 11 is 9.85. The van der Waals surface area contributed by atoms with Crippen LogP contribution in [0, 0.1) is 9.41 Å². The summed E-state index contributed by atoms with van der Waals surface area (Å²) in [5.41, 5.74) is 0. The zero-order valence-corrected chi connectivity index (χ0v) is 18.1. The van der Waals surface area contributed by atoms with Crippen molar-refractivity contribution < 1.29 is 60.6 Å². The summed E-state index contributed by atoms with van der Waals surface area (Å²) in [5.74, 6) is 0. The first-order valence-electron chi connectivity index (χ1n) is 7.18. The second-order valence-corrected chi connectivity index (χ2v) is 10.7. The SMILES string of the molecule is O=P(O)(O)OP(=O)(O)OP(=O)(O)OC[C@H]1O[C@@H](n2ccc(=S)[nH]c2=S)[C@@H](O)[C@H]1F. The molecule has 14 nitrogen and oxygen atoms in total. The van der Waals surface area contributed by atoms with Gasteiger partial charge in [-0.05, 0) is 18.3 Å². The number of ether oxygens (including phenoxy) is 1. The first-order chi connectivity index (χ1) is 13.1. The van der Waals surface area contributed by atoms with E-state index in [0.29, 0.717) is 0 Å². The van der Waals surface area contributed by atoms with E-state index in [4.69, 9.17) is 43.9 Å². The van der Waals surface area contributed by atoms with E-state index in [1.807, 2.05) is 0 Å². The van der Waals surface area contributed by atoms with Gasteiger partial charge in [-0.1, -0.05) is 12.2 Å². The van der Waals surface area contributed by atoms with Crippen LogP contribution in [-0.2, 0) is 31.6 Å². The van der Waals surface area contributed by atoms with Crippen LogP contribution >= 0.6 is 47.9 Å². The van der Waals surface area contributed by atoms with Gasteiger partial charge in [0.1, 0.15) is 16.8 Å². The Balaban J connectivity index is 2.06. The molecule has 1 fully saturated rings. The second kappa shape index (κ2) is 9.10. The highest BCUT2D eigenvalue weighted by Gasteiger charge is 2.47.